The molecule has 2 aliphatic rings. The van der Waals surface area contributed by atoms with E-state index in [1.165, 1.54) is 25.7 Å². The largest absolute Gasteiger partial charge is 0.399 e. The molecule has 0 spiro atoms. The van der Waals surface area contributed by atoms with Crippen LogP contribution in [0.4, 0.5) is 5.69 Å². The zero-order valence-electron chi connectivity index (χ0n) is 11.0. The number of rotatable bonds is 2. The highest BCUT2D eigenvalue weighted by Crippen LogP contribution is 2.37. The Hall–Kier alpha value is -1.22. The number of nitrogen functional groups attached to an aromatic ring is 1. The van der Waals surface area contributed by atoms with Gasteiger partial charge in [-0.3, -0.25) is 4.79 Å². The number of amides is 1. The van der Waals surface area contributed by atoms with Crippen LogP contribution in [0.2, 0.25) is 0 Å². The highest BCUT2D eigenvalue weighted by molar-refractivity contribution is 5.95. The van der Waals surface area contributed by atoms with Crippen LogP contribution in [-0.4, -0.2) is 23.4 Å². The highest BCUT2D eigenvalue weighted by Gasteiger charge is 2.37. The molecule has 0 aromatic heterocycles. The third-order valence-corrected chi connectivity index (χ3v) is 4.39. The van der Waals surface area contributed by atoms with E-state index in [2.05, 4.69) is 4.90 Å². The first kappa shape index (κ1) is 14.2. The van der Waals surface area contributed by atoms with Crippen LogP contribution in [0.3, 0.4) is 0 Å². The molecule has 1 unspecified atom stereocenters. The number of nitrogens with zero attached hydrogens (tertiary/aromatic N) is 1. The molecule has 1 aliphatic heterocycles. The predicted octanol–water partition coefficient (Wildman–Crippen LogP) is 3.10. The van der Waals surface area contributed by atoms with Gasteiger partial charge in [-0.25, -0.2) is 0 Å². The molecule has 1 saturated heterocycles. The minimum absolute atomic E-state index is 0. The van der Waals surface area contributed by atoms with Gasteiger partial charge in [0.15, 0.2) is 0 Å². The maximum Gasteiger partial charge on any atom is 0.254 e. The molecule has 3 rings (SSSR count). The van der Waals surface area contributed by atoms with Gasteiger partial charge < -0.3 is 10.6 Å². The van der Waals surface area contributed by atoms with Crippen LogP contribution in [0.25, 0.3) is 0 Å². The number of carbonyl (C=O) groups is 1. The number of hydrogen-bond donors (Lipinski definition) is 1. The van der Waals surface area contributed by atoms with E-state index in [9.17, 15) is 4.79 Å². The van der Waals surface area contributed by atoms with E-state index in [0.29, 0.717) is 11.7 Å². The van der Waals surface area contributed by atoms with Crippen molar-refractivity contribution in [2.75, 3.05) is 12.3 Å². The highest BCUT2D eigenvalue weighted by atomic mass is 35.5. The summed E-state index contributed by atoms with van der Waals surface area (Å²) in [7, 11) is 0. The number of anilines is 1. The van der Waals surface area contributed by atoms with Crippen molar-refractivity contribution in [2.45, 2.75) is 38.1 Å². The minimum atomic E-state index is 0. The van der Waals surface area contributed by atoms with Crippen LogP contribution < -0.4 is 5.73 Å². The predicted molar refractivity (Wildman–Crippen MR) is 79.5 cm³/mol. The zero-order valence-corrected chi connectivity index (χ0v) is 11.9. The first-order valence-electron chi connectivity index (χ1n) is 6.92. The van der Waals surface area contributed by atoms with E-state index in [4.69, 9.17) is 5.73 Å². The standard InChI is InChI=1S/C15H20N2O.ClH/c16-13-7-2-6-12(10-13)15(18)17-9-3-8-14(17)11-4-1-5-11;/h2,6-7,10-11,14H,1,3-5,8-9,16H2;1H. The van der Waals surface area contributed by atoms with Crippen LogP contribution in [0.5, 0.6) is 0 Å². The molecule has 0 bridgehead atoms. The van der Waals surface area contributed by atoms with Gasteiger partial charge in [0.2, 0.25) is 0 Å². The van der Waals surface area contributed by atoms with Gasteiger partial charge in [-0.15, -0.1) is 12.4 Å². The van der Waals surface area contributed by atoms with Gasteiger partial charge in [0.05, 0.1) is 0 Å². The fourth-order valence-corrected chi connectivity index (χ4v) is 3.20. The molecule has 4 heteroatoms. The first-order valence-corrected chi connectivity index (χ1v) is 6.92. The van der Waals surface area contributed by atoms with E-state index in [0.717, 1.165) is 24.4 Å². The summed E-state index contributed by atoms with van der Waals surface area (Å²) in [5.41, 5.74) is 7.16. The van der Waals surface area contributed by atoms with E-state index in [-0.39, 0.29) is 18.3 Å². The Bertz CT molecular complexity index is 459. The molecule has 1 aliphatic carbocycles. The summed E-state index contributed by atoms with van der Waals surface area (Å²) in [5, 5.41) is 0. The number of benzene rings is 1. The van der Waals surface area contributed by atoms with Gasteiger partial charge in [-0.05, 0) is 49.8 Å². The smallest absolute Gasteiger partial charge is 0.254 e. The minimum Gasteiger partial charge on any atom is -0.399 e. The Morgan fingerprint density at radius 1 is 1.21 bits per heavy atom. The van der Waals surface area contributed by atoms with E-state index >= 15 is 0 Å². The van der Waals surface area contributed by atoms with Gasteiger partial charge >= 0.3 is 0 Å². The van der Waals surface area contributed by atoms with Crippen LogP contribution >= 0.6 is 12.4 Å². The molecular formula is C15H21ClN2O. The summed E-state index contributed by atoms with van der Waals surface area (Å²) in [6, 6.07) is 7.82. The van der Waals surface area contributed by atoms with Crippen molar-refractivity contribution in [1.82, 2.24) is 4.90 Å². The summed E-state index contributed by atoms with van der Waals surface area (Å²) in [5.74, 6) is 0.911. The molecule has 1 aromatic rings. The third-order valence-electron chi connectivity index (χ3n) is 4.39. The Morgan fingerprint density at radius 3 is 2.63 bits per heavy atom. The van der Waals surface area contributed by atoms with Crippen molar-refractivity contribution >= 4 is 24.0 Å². The summed E-state index contributed by atoms with van der Waals surface area (Å²) in [6.07, 6.45) is 6.26. The van der Waals surface area contributed by atoms with E-state index in [1.54, 1.807) is 6.07 Å². The second-order valence-corrected chi connectivity index (χ2v) is 5.52. The summed E-state index contributed by atoms with van der Waals surface area (Å²) in [6.45, 7) is 0.912. The normalized spacial score (nSPS) is 22.7. The van der Waals surface area contributed by atoms with Crippen LogP contribution in [0.1, 0.15) is 42.5 Å². The number of carbonyl (C=O) groups excluding carboxylic acids is 1. The zero-order chi connectivity index (χ0) is 12.5. The second-order valence-electron chi connectivity index (χ2n) is 5.52. The van der Waals surface area contributed by atoms with Gasteiger partial charge in [-0.1, -0.05) is 12.5 Å². The quantitative estimate of drug-likeness (QED) is 0.846. The average molecular weight is 281 g/mol. The van der Waals surface area contributed by atoms with Crippen molar-refractivity contribution in [3.63, 3.8) is 0 Å². The van der Waals surface area contributed by atoms with Gasteiger partial charge in [0.25, 0.3) is 5.91 Å². The van der Waals surface area contributed by atoms with Crippen molar-refractivity contribution in [2.24, 2.45) is 5.92 Å². The molecule has 2 N–H and O–H groups in total. The lowest BCUT2D eigenvalue weighted by atomic mass is 9.78. The summed E-state index contributed by atoms with van der Waals surface area (Å²) in [4.78, 5) is 14.6. The summed E-state index contributed by atoms with van der Waals surface area (Å²) >= 11 is 0. The Kier molecular flexibility index (Phi) is 4.35. The van der Waals surface area contributed by atoms with E-state index in [1.807, 2.05) is 18.2 Å². The molecule has 1 heterocycles. The first-order chi connectivity index (χ1) is 8.75. The molecule has 1 amide bonds. The van der Waals surface area contributed by atoms with Crippen molar-refractivity contribution < 1.29 is 4.79 Å². The maximum atomic E-state index is 12.5. The molecule has 2 fully saturated rings. The SMILES string of the molecule is Cl.Nc1cccc(C(=O)N2CCCC2C2CCC2)c1. The lowest BCUT2D eigenvalue weighted by Crippen LogP contribution is -2.42. The molecule has 19 heavy (non-hydrogen) atoms. The average Bonchev–Trinajstić information content (AvgIpc) is 2.74. The van der Waals surface area contributed by atoms with Crippen molar-refractivity contribution in [1.29, 1.82) is 0 Å². The van der Waals surface area contributed by atoms with Crippen LogP contribution in [-0.2, 0) is 0 Å². The second kappa shape index (κ2) is 5.83. The van der Waals surface area contributed by atoms with Crippen LogP contribution in [0, 0.1) is 5.92 Å². The molecular weight excluding hydrogens is 260 g/mol. The molecule has 104 valence electrons. The van der Waals surface area contributed by atoms with Gasteiger partial charge in [-0.2, -0.15) is 0 Å². The topological polar surface area (TPSA) is 46.3 Å². The Morgan fingerprint density at radius 2 is 2.00 bits per heavy atom. The number of halogens is 1. The number of likely N-dealkylation sites (tertiary alicyclic amines) is 1. The monoisotopic (exact) mass is 280 g/mol. The van der Waals surface area contributed by atoms with Gasteiger partial charge in [0.1, 0.15) is 0 Å². The number of hydrogen-bond acceptors (Lipinski definition) is 2. The lowest BCUT2D eigenvalue weighted by molar-refractivity contribution is 0.0626. The molecule has 3 nitrogen and oxygen atoms in total. The fourth-order valence-electron chi connectivity index (χ4n) is 3.20. The molecule has 1 saturated carbocycles. The maximum absolute atomic E-state index is 12.5. The Balaban J connectivity index is 0.00000133. The molecule has 0 radical (unpaired) electrons. The van der Waals surface area contributed by atoms with Crippen LogP contribution in [0.15, 0.2) is 24.3 Å². The molecule has 1 atom stereocenters. The summed E-state index contributed by atoms with van der Waals surface area (Å²) < 4.78 is 0. The fraction of sp³-hybridized carbons (Fsp3) is 0.533. The van der Waals surface area contributed by atoms with Gasteiger partial charge in [0, 0.05) is 23.8 Å². The van der Waals surface area contributed by atoms with Crippen molar-refractivity contribution in [3.05, 3.63) is 29.8 Å². The van der Waals surface area contributed by atoms with Crippen molar-refractivity contribution in [3.8, 4) is 0 Å². The third kappa shape index (κ3) is 2.71. The lowest BCUT2D eigenvalue weighted by Gasteiger charge is -2.37. The molecule has 1 aromatic carbocycles. The Labute approximate surface area is 120 Å². The number of nitrogens with two attached hydrogens (primary N) is 1. The van der Waals surface area contributed by atoms with E-state index < -0.39 is 0 Å².